The maximum Gasteiger partial charge on any atom is 0.150 e. The second kappa shape index (κ2) is 1.18. The molecule has 1 aromatic rings. The first-order valence-corrected chi connectivity index (χ1v) is 2.51. The van der Waals surface area contributed by atoms with Crippen molar-refractivity contribution in [3.63, 3.8) is 0 Å². The zero-order valence-electron chi connectivity index (χ0n) is 4.28. The first-order valence-electron chi connectivity index (χ1n) is 2.51. The van der Waals surface area contributed by atoms with Crippen LogP contribution in [0, 0.1) is 0 Å². The van der Waals surface area contributed by atoms with Gasteiger partial charge in [0.05, 0.1) is 6.54 Å². The minimum atomic E-state index is 0.884. The number of nitrogens with zero attached hydrogens (tertiary/aromatic N) is 3. The topological polar surface area (TPSA) is 30.7 Å². The third kappa shape index (κ3) is 0.332. The summed E-state index contributed by atoms with van der Waals surface area (Å²) in [5.41, 5.74) is 0. The number of hydrogen-bond donors (Lipinski definition) is 0. The molecule has 0 atom stereocenters. The molecule has 0 saturated heterocycles. The molecule has 0 aliphatic carbocycles. The Kier molecular flexibility index (Phi) is 0.566. The number of allylic oxidation sites excluding steroid dienone is 1. The third-order valence-electron chi connectivity index (χ3n) is 1.19. The first-order chi connectivity index (χ1) is 3.97. The van der Waals surface area contributed by atoms with Crippen molar-refractivity contribution in [1.29, 1.82) is 0 Å². The van der Waals surface area contributed by atoms with Crippen LogP contribution in [0.15, 0.2) is 12.4 Å². The fourth-order valence-electron chi connectivity index (χ4n) is 0.801. The van der Waals surface area contributed by atoms with E-state index in [2.05, 4.69) is 10.1 Å². The van der Waals surface area contributed by atoms with Crippen LogP contribution in [0.1, 0.15) is 5.82 Å². The summed E-state index contributed by atoms with van der Waals surface area (Å²) >= 11 is 0. The molecule has 0 spiro atoms. The zero-order valence-corrected chi connectivity index (χ0v) is 4.28. The van der Waals surface area contributed by atoms with E-state index in [1.165, 1.54) is 0 Å². The van der Waals surface area contributed by atoms with Crippen molar-refractivity contribution in [2.75, 3.05) is 0 Å². The normalized spacial score (nSPS) is 14.5. The Morgan fingerprint density at radius 3 is 3.50 bits per heavy atom. The van der Waals surface area contributed by atoms with Gasteiger partial charge in [-0.15, -0.1) is 0 Å². The fourth-order valence-corrected chi connectivity index (χ4v) is 0.801. The lowest BCUT2D eigenvalue weighted by atomic mass is 10.6. The van der Waals surface area contributed by atoms with Gasteiger partial charge in [-0.1, -0.05) is 6.08 Å². The molecule has 3 nitrogen and oxygen atoms in total. The standard InChI is InChI=1S/C5H5N3/c1-2-5-6-4-7-8(5)3-1/h1-2,4H,3H2. The van der Waals surface area contributed by atoms with Crippen molar-refractivity contribution in [2.45, 2.75) is 6.54 Å². The highest BCUT2D eigenvalue weighted by Gasteiger charge is 2.02. The van der Waals surface area contributed by atoms with E-state index < -0.39 is 0 Å². The summed E-state index contributed by atoms with van der Waals surface area (Å²) < 4.78 is 1.85. The maximum atomic E-state index is 3.96. The minimum absolute atomic E-state index is 0.884. The molecule has 0 amide bonds. The predicted molar refractivity (Wildman–Crippen MR) is 29.1 cm³/mol. The first kappa shape index (κ1) is 3.83. The highest BCUT2D eigenvalue weighted by Crippen LogP contribution is 2.03. The van der Waals surface area contributed by atoms with Crippen molar-refractivity contribution in [3.8, 4) is 0 Å². The largest absolute Gasteiger partial charge is 0.242 e. The molecule has 1 aromatic heterocycles. The second-order valence-corrected chi connectivity index (χ2v) is 1.70. The number of hydrogen-bond acceptors (Lipinski definition) is 2. The van der Waals surface area contributed by atoms with Gasteiger partial charge in [0.15, 0.2) is 5.82 Å². The van der Waals surface area contributed by atoms with Gasteiger partial charge in [0.1, 0.15) is 6.33 Å². The summed E-state index contributed by atoms with van der Waals surface area (Å²) in [7, 11) is 0. The average molecular weight is 107 g/mol. The minimum Gasteiger partial charge on any atom is -0.242 e. The highest BCUT2D eigenvalue weighted by atomic mass is 15.3. The van der Waals surface area contributed by atoms with E-state index in [0.29, 0.717) is 0 Å². The second-order valence-electron chi connectivity index (χ2n) is 1.70. The molecule has 1 aliphatic rings. The Hall–Kier alpha value is -1.12. The highest BCUT2D eigenvalue weighted by molar-refractivity contribution is 5.42. The smallest absolute Gasteiger partial charge is 0.150 e. The number of aromatic nitrogens is 3. The molecule has 0 aromatic carbocycles. The van der Waals surface area contributed by atoms with Gasteiger partial charge in [0, 0.05) is 0 Å². The third-order valence-corrected chi connectivity index (χ3v) is 1.19. The Bertz CT molecular complexity index is 223. The fraction of sp³-hybridized carbons (Fsp3) is 0.200. The Morgan fingerprint density at radius 1 is 1.62 bits per heavy atom. The predicted octanol–water partition coefficient (Wildman–Crippen LogP) is 0.305. The van der Waals surface area contributed by atoms with Crippen molar-refractivity contribution in [2.24, 2.45) is 0 Å². The van der Waals surface area contributed by atoms with Gasteiger partial charge in [-0.25, -0.2) is 9.67 Å². The molecule has 0 saturated carbocycles. The lowest BCUT2D eigenvalue weighted by Crippen LogP contribution is -1.93. The van der Waals surface area contributed by atoms with E-state index in [1.807, 2.05) is 16.8 Å². The van der Waals surface area contributed by atoms with Gasteiger partial charge in [0.2, 0.25) is 0 Å². The van der Waals surface area contributed by atoms with E-state index >= 15 is 0 Å². The van der Waals surface area contributed by atoms with Crippen LogP contribution in [0.4, 0.5) is 0 Å². The van der Waals surface area contributed by atoms with Crippen LogP contribution in [0.3, 0.4) is 0 Å². The molecule has 0 N–H and O–H groups in total. The van der Waals surface area contributed by atoms with Crippen LogP contribution in [-0.4, -0.2) is 14.8 Å². The maximum absolute atomic E-state index is 3.96. The Balaban J connectivity index is 2.67. The van der Waals surface area contributed by atoms with Crippen molar-refractivity contribution in [3.05, 3.63) is 18.2 Å². The Morgan fingerprint density at radius 2 is 2.62 bits per heavy atom. The van der Waals surface area contributed by atoms with Crippen LogP contribution >= 0.6 is 0 Å². The molecule has 0 radical (unpaired) electrons. The van der Waals surface area contributed by atoms with Crippen molar-refractivity contribution >= 4 is 6.08 Å². The lowest BCUT2D eigenvalue weighted by Gasteiger charge is -1.86. The van der Waals surface area contributed by atoms with E-state index in [-0.39, 0.29) is 0 Å². The SMILES string of the molecule is C1=Cc2ncnn2C1. The van der Waals surface area contributed by atoms with Crippen LogP contribution in [0.25, 0.3) is 6.08 Å². The van der Waals surface area contributed by atoms with E-state index in [0.717, 1.165) is 12.4 Å². The van der Waals surface area contributed by atoms with Gasteiger partial charge in [0.25, 0.3) is 0 Å². The summed E-state index contributed by atoms with van der Waals surface area (Å²) in [6.45, 7) is 0.884. The summed E-state index contributed by atoms with van der Waals surface area (Å²) in [5, 5.41) is 3.94. The molecule has 0 fully saturated rings. The van der Waals surface area contributed by atoms with Gasteiger partial charge < -0.3 is 0 Å². The van der Waals surface area contributed by atoms with Crippen molar-refractivity contribution in [1.82, 2.24) is 14.8 Å². The molecular weight excluding hydrogens is 102 g/mol. The molecule has 0 bridgehead atoms. The Labute approximate surface area is 46.7 Å². The van der Waals surface area contributed by atoms with E-state index in [1.54, 1.807) is 6.33 Å². The molecule has 1 aliphatic heterocycles. The summed E-state index contributed by atoms with van der Waals surface area (Å²) in [6, 6.07) is 0. The van der Waals surface area contributed by atoms with Crippen molar-refractivity contribution < 1.29 is 0 Å². The van der Waals surface area contributed by atoms with Crippen LogP contribution in [0.2, 0.25) is 0 Å². The van der Waals surface area contributed by atoms with Crippen LogP contribution in [-0.2, 0) is 6.54 Å². The average Bonchev–Trinajstić information content (AvgIpc) is 2.15. The van der Waals surface area contributed by atoms with E-state index in [4.69, 9.17) is 0 Å². The number of rotatable bonds is 0. The molecular formula is C5H5N3. The summed E-state index contributed by atoms with van der Waals surface area (Å²) in [4.78, 5) is 3.96. The van der Waals surface area contributed by atoms with Gasteiger partial charge in [-0.3, -0.25) is 0 Å². The van der Waals surface area contributed by atoms with E-state index in [9.17, 15) is 0 Å². The molecule has 2 heterocycles. The van der Waals surface area contributed by atoms with Gasteiger partial charge >= 0.3 is 0 Å². The monoisotopic (exact) mass is 107 g/mol. The number of fused-ring (bicyclic) bond motifs is 1. The molecule has 40 valence electrons. The van der Waals surface area contributed by atoms with Crippen LogP contribution in [0.5, 0.6) is 0 Å². The van der Waals surface area contributed by atoms with Gasteiger partial charge in [-0.2, -0.15) is 5.10 Å². The molecule has 3 heteroatoms. The van der Waals surface area contributed by atoms with Crippen LogP contribution < -0.4 is 0 Å². The molecule has 0 unspecified atom stereocenters. The summed E-state index contributed by atoms with van der Waals surface area (Å²) in [5.74, 6) is 0.963. The zero-order chi connectivity index (χ0) is 5.40. The van der Waals surface area contributed by atoms with Gasteiger partial charge in [-0.05, 0) is 6.08 Å². The quantitative estimate of drug-likeness (QED) is 0.477. The lowest BCUT2D eigenvalue weighted by molar-refractivity contribution is 0.711. The summed E-state index contributed by atoms with van der Waals surface area (Å²) in [6.07, 6.45) is 5.57. The molecule has 8 heavy (non-hydrogen) atoms. The molecule has 2 rings (SSSR count).